The number of benzene rings is 2. The third-order valence-corrected chi connectivity index (χ3v) is 5.54. The van der Waals surface area contributed by atoms with E-state index < -0.39 is 5.60 Å². The summed E-state index contributed by atoms with van der Waals surface area (Å²) in [5, 5.41) is 3.08. The van der Waals surface area contributed by atoms with Crippen molar-refractivity contribution in [3.05, 3.63) is 64.1 Å². The summed E-state index contributed by atoms with van der Waals surface area (Å²) in [6.07, 6.45) is 1.53. The van der Waals surface area contributed by atoms with Crippen LogP contribution in [0.15, 0.2) is 53.0 Å². The number of rotatable bonds is 6. The quantitative estimate of drug-likeness (QED) is 0.597. The number of hydrogen-bond donors (Lipinski definition) is 1. The fraction of sp³-hybridized carbons (Fsp3) is 0.440. The number of hydrogen-bond acceptors (Lipinski definition) is 4. The second kappa shape index (κ2) is 10.9. The lowest BCUT2D eigenvalue weighted by Crippen LogP contribution is -2.51. The Morgan fingerprint density at radius 2 is 1.91 bits per heavy atom. The van der Waals surface area contributed by atoms with Crippen molar-refractivity contribution in [2.24, 2.45) is 0 Å². The van der Waals surface area contributed by atoms with E-state index in [0.29, 0.717) is 25.4 Å². The van der Waals surface area contributed by atoms with Crippen LogP contribution < -0.4 is 10.1 Å². The van der Waals surface area contributed by atoms with Crippen LogP contribution in [0.1, 0.15) is 44.7 Å². The van der Waals surface area contributed by atoms with Crippen LogP contribution in [0.5, 0.6) is 5.75 Å². The minimum absolute atomic E-state index is 0.0930. The van der Waals surface area contributed by atoms with Crippen LogP contribution in [0.3, 0.4) is 0 Å². The smallest absolute Gasteiger partial charge is 0.410 e. The lowest BCUT2D eigenvalue weighted by atomic mass is 10.0. The SMILES string of the molecule is CC(C)(C)OC(=O)N1CCC[C@H](NC(=O)Cc2cc(Br)ccc2OCc2ccccc2)C1. The summed E-state index contributed by atoms with van der Waals surface area (Å²) in [6, 6.07) is 15.5. The summed E-state index contributed by atoms with van der Waals surface area (Å²) in [5.41, 5.74) is 1.34. The van der Waals surface area contributed by atoms with Gasteiger partial charge in [-0.25, -0.2) is 4.79 Å². The van der Waals surface area contributed by atoms with Gasteiger partial charge in [0.15, 0.2) is 0 Å². The van der Waals surface area contributed by atoms with Crippen LogP contribution in [0.25, 0.3) is 0 Å². The molecule has 1 aliphatic rings. The Balaban J connectivity index is 1.58. The molecule has 0 spiro atoms. The van der Waals surface area contributed by atoms with Crippen molar-refractivity contribution in [3.63, 3.8) is 0 Å². The zero-order valence-electron chi connectivity index (χ0n) is 18.9. The maximum absolute atomic E-state index is 12.8. The van der Waals surface area contributed by atoms with Gasteiger partial charge in [0.2, 0.25) is 5.91 Å². The predicted molar refractivity (Wildman–Crippen MR) is 128 cm³/mol. The highest BCUT2D eigenvalue weighted by Crippen LogP contribution is 2.25. The highest BCUT2D eigenvalue weighted by atomic mass is 79.9. The Bertz CT molecular complexity index is 927. The van der Waals surface area contributed by atoms with Gasteiger partial charge < -0.3 is 19.7 Å². The highest BCUT2D eigenvalue weighted by Gasteiger charge is 2.28. The number of carbonyl (C=O) groups is 2. The van der Waals surface area contributed by atoms with Crippen LogP contribution >= 0.6 is 15.9 Å². The summed E-state index contributed by atoms with van der Waals surface area (Å²) in [4.78, 5) is 26.9. The minimum atomic E-state index is -0.538. The number of nitrogens with one attached hydrogen (secondary N) is 1. The third-order valence-electron chi connectivity index (χ3n) is 5.05. The molecule has 1 aliphatic heterocycles. The molecule has 6 nitrogen and oxygen atoms in total. The number of nitrogens with zero attached hydrogens (tertiary/aromatic N) is 1. The molecule has 1 heterocycles. The van der Waals surface area contributed by atoms with Crippen molar-refractivity contribution in [3.8, 4) is 5.75 Å². The third kappa shape index (κ3) is 7.55. The molecule has 0 aromatic heterocycles. The van der Waals surface area contributed by atoms with Gasteiger partial charge in [0.05, 0.1) is 6.42 Å². The molecule has 1 atom stereocenters. The molecule has 1 N–H and O–H groups in total. The van der Waals surface area contributed by atoms with Crippen molar-refractivity contribution in [1.82, 2.24) is 10.2 Å². The predicted octanol–water partition coefficient (Wildman–Crippen LogP) is 5.09. The number of amides is 2. The number of carbonyl (C=O) groups excluding carboxylic acids is 2. The maximum atomic E-state index is 12.8. The molecule has 0 bridgehead atoms. The van der Waals surface area contributed by atoms with E-state index in [4.69, 9.17) is 9.47 Å². The van der Waals surface area contributed by atoms with Crippen LogP contribution in [0.4, 0.5) is 4.79 Å². The molecule has 0 aliphatic carbocycles. The van der Waals surface area contributed by atoms with Crippen molar-refractivity contribution in [2.45, 2.75) is 58.3 Å². The molecule has 2 aromatic rings. The Morgan fingerprint density at radius 1 is 1.16 bits per heavy atom. The van der Waals surface area contributed by atoms with Gasteiger partial charge in [-0.1, -0.05) is 46.3 Å². The molecule has 7 heteroatoms. The van der Waals surface area contributed by atoms with Gasteiger partial charge in [-0.3, -0.25) is 4.79 Å². The van der Waals surface area contributed by atoms with Gasteiger partial charge in [0, 0.05) is 29.2 Å². The normalized spacial score (nSPS) is 16.4. The first-order valence-electron chi connectivity index (χ1n) is 10.9. The molecule has 32 heavy (non-hydrogen) atoms. The van der Waals surface area contributed by atoms with Gasteiger partial charge in [0.1, 0.15) is 18.0 Å². The summed E-state index contributed by atoms with van der Waals surface area (Å²) >= 11 is 3.48. The Hall–Kier alpha value is -2.54. The summed E-state index contributed by atoms with van der Waals surface area (Å²) in [5.74, 6) is 0.593. The average molecular weight is 503 g/mol. The molecule has 1 fully saturated rings. The topological polar surface area (TPSA) is 67.9 Å². The van der Waals surface area contributed by atoms with Crippen LogP contribution in [0, 0.1) is 0 Å². The number of ether oxygens (including phenoxy) is 2. The van der Waals surface area contributed by atoms with E-state index >= 15 is 0 Å². The van der Waals surface area contributed by atoms with Crippen LogP contribution in [-0.2, 0) is 22.6 Å². The van der Waals surface area contributed by atoms with Gasteiger partial charge in [-0.15, -0.1) is 0 Å². The maximum Gasteiger partial charge on any atom is 0.410 e. The molecule has 0 radical (unpaired) electrons. The van der Waals surface area contributed by atoms with Crippen molar-refractivity contribution in [2.75, 3.05) is 13.1 Å². The van der Waals surface area contributed by atoms with E-state index in [-0.39, 0.29) is 24.5 Å². The second-order valence-corrected chi connectivity index (χ2v) is 9.95. The fourth-order valence-corrected chi connectivity index (χ4v) is 4.01. The van der Waals surface area contributed by atoms with Gasteiger partial charge >= 0.3 is 6.09 Å². The summed E-state index contributed by atoms with van der Waals surface area (Å²) < 4.78 is 12.4. The average Bonchev–Trinajstić information content (AvgIpc) is 2.73. The molecule has 0 saturated carbocycles. The minimum Gasteiger partial charge on any atom is -0.489 e. The number of piperidine rings is 1. The van der Waals surface area contributed by atoms with E-state index in [0.717, 1.165) is 28.4 Å². The molecule has 3 rings (SSSR count). The second-order valence-electron chi connectivity index (χ2n) is 9.04. The molecular formula is C25H31BrN2O4. The molecule has 172 valence electrons. The Kier molecular flexibility index (Phi) is 8.18. The molecule has 1 saturated heterocycles. The summed E-state index contributed by atoms with van der Waals surface area (Å²) in [7, 11) is 0. The Morgan fingerprint density at radius 3 is 2.62 bits per heavy atom. The first-order valence-corrected chi connectivity index (χ1v) is 11.7. The standard InChI is InChI=1S/C25H31BrN2O4/c1-25(2,3)32-24(30)28-13-7-10-21(16-28)27-23(29)15-19-14-20(26)11-12-22(19)31-17-18-8-5-4-6-9-18/h4-6,8-9,11-12,14,21H,7,10,13,15-17H2,1-3H3,(H,27,29)/t21-/m0/s1. The van der Waals surface area contributed by atoms with E-state index in [9.17, 15) is 9.59 Å². The zero-order valence-corrected chi connectivity index (χ0v) is 20.5. The highest BCUT2D eigenvalue weighted by molar-refractivity contribution is 9.10. The first kappa shape index (κ1) is 24.1. The van der Waals surface area contributed by atoms with Gasteiger partial charge in [-0.2, -0.15) is 0 Å². The van der Waals surface area contributed by atoms with Crippen molar-refractivity contribution < 1.29 is 19.1 Å². The van der Waals surface area contributed by atoms with E-state index in [2.05, 4.69) is 21.2 Å². The largest absolute Gasteiger partial charge is 0.489 e. The molecule has 2 amide bonds. The van der Waals surface area contributed by atoms with Gasteiger partial charge in [-0.05, 0) is 57.4 Å². The van der Waals surface area contributed by atoms with E-state index in [1.807, 2.05) is 69.3 Å². The lowest BCUT2D eigenvalue weighted by molar-refractivity contribution is -0.121. The molecular weight excluding hydrogens is 472 g/mol. The fourth-order valence-electron chi connectivity index (χ4n) is 3.60. The van der Waals surface area contributed by atoms with Crippen molar-refractivity contribution >= 4 is 27.9 Å². The Labute approximate surface area is 198 Å². The van der Waals surface area contributed by atoms with Crippen LogP contribution in [-0.4, -0.2) is 41.6 Å². The van der Waals surface area contributed by atoms with E-state index in [1.165, 1.54) is 0 Å². The number of halogens is 1. The monoisotopic (exact) mass is 502 g/mol. The molecule has 2 aromatic carbocycles. The zero-order chi connectivity index (χ0) is 23.1. The molecule has 0 unspecified atom stereocenters. The first-order chi connectivity index (χ1) is 15.2. The summed E-state index contributed by atoms with van der Waals surface area (Å²) in [6.45, 7) is 7.09. The lowest BCUT2D eigenvalue weighted by Gasteiger charge is -2.34. The van der Waals surface area contributed by atoms with E-state index in [1.54, 1.807) is 4.90 Å². The van der Waals surface area contributed by atoms with Gasteiger partial charge in [0.25, 0.3) is 0 Å². The number of likely N-dealkylation sites (tertiary alicyclic amines) is 1. The van der Waals surface area contributed by atoms with Crippen molar-refractivity contribution in [1.29, 1.82) is 0 Å². The van der Waals surface area contributed by atoms with Crippen LogP contribution in [0.2, 0.25) is 0 Å².